The van der Waals surface area contributed by atoms with Crippen LogP contribution in [0.2, 0.25) is 0 Å². The molecule has 6 nitrogen and oxygen atoms in total. The normalized spacial score (nSPS) is 21.0. The van der Waals surface area contributed by atoms with Crippen LogP contribution < -0.4 is 15.4 Å². The summed E-state index contributed by atoms with van der Waals surface area (Å²) in [4.78, 5) is 28.2. The quantitative estimate of drug-likeness (QED) is 0.880. The molecule has 2 heterocycles. The molecule has 0 aliphatic carbocycles. The van der Waals surface area contributed by atoms with Crippen LogP contribution in [0.5, 0.6) is 5.75 Å². The maximum Gasteiger partial charge on any atom is 0.265 e. The van der Waals surface area contributed by atoms with Gasteiger partial charge in [-0.1, -0.05) is 12.1 Å². The van der Waals surface area contributed by atoms with Crippen molar-refractivity contribution in [3.8, 4) is 5.75 Å². The van der Waals surface area contributed by atoms with E-state index in [2.05, 4.69) is 0 Å². The molecule has 1 saturated heterocycles. The number of nitrogens with two attached hydrogens (primary N) is 1. The van der Waals surface area contributed by atoms with E-state index in [9.17, 15) is 9.59 Å². The van der Waals surface area contributed by atoms with Gasteiger partial charge in [0.15, 0.2) is 6.61 Å². The zero-order chi connectivity index (χ0) is 17.1. The molecule has 1 fully saturated rings. The van der Waals surface area contributed by atoms with Crippen molar-refractivity contribution in [2.45, 2.75) is 32.2 Å². The van der Waals surface area contributed by atoms with Gasteiger partial charge in [0, 0.05) is 32.1 Å². The number of hydrogen-bond donors (Lipinski definition) is 1. The lowest BCUT2D eigenvalue weighted by molar-refractivity contribution is -0.133. The molecule has 2 unspecified atom stereocenters. The summed E-state index contributed by atoms with van der Waals surface area (Å²) in [6.07, 6.45) is 2.40. The predicted octanol–water partition coefficient (Wildman–Crippen LogP) is 1.81. The molecule has 2 N–H and O–H groups in total. The van der Waals surface area contributed by atoms with Gasteiger partial charge in [0.1, 0.15) is 5.75 Å². The minimum atomic E-state index is -0.103. The van der Waals surface area contributed by atoms with Gasteiger partial charge in [0.2, 0.25) is 5.91 Å². The Balaban J connectivity index is 0.00000225. The van der Waals surface area contributed by atoms with Gasteiger partial charge in [-0.15, -0.1) is 12.4 Å². The summed E-state index contributed by atoms with van der Waals surface area (Å²) >= 11 is 0. The number of hydrogen-bond acceptors (Lipinski definition) is 4. The van der Waals surface area contributed by atoms with Gasteiger partial charge in [-0.25, -0.2) is 0 Å². The molecule has 0 aromatic heterocycles. The number of carbonyl (C=O) groups excluding carboxylic acids is 2. The summed E-state index contributed by atoms with van der Waals surface area (Å²) in [5.41, 5.74) is 6.73. The van der Waals surface area contributed by atoms with Crippen molar-refractivity contribution < 1.29 is 14.3 Å². The van der Waals surface area contributed by atoms with Crippen molar-refractivity contribution >= 4 is 29.9 Å². The van der Waals surface area contributed by atoms with Crippen LogP contribution in [-0.4, -0.2) is 49.0 Å². The Morgan fingerprint density at radius 1 is 1.40 bits per heavy atom. The summed E-state index contributed by atoms with van der Waals surface area (Å²) in [7, 11) is 0. The zero-order valence-electron chi connectivity index (χ0n) is 14.5. The topological polar surface area (TPSA) is 75.9 Å². The molecule has 3 rings (SSSR count). The van der Waals surface area contributed by atoms with Gasteiger partial charge < -0.3 is 20.3 Å². The number of anilines is 1. The Labute approximate surface area is 154 Å². The van der Waals surface area contributed by atoms with Crippen molar-refractivity contribution in [1.82, 2.24) is 4.90 Å². The summed E-state index contributed by atoms with van der Waals surface area (Å²) in [6.45, 7) is 3.93. The molecule has 1 aromatic carbocycles. The highest BCUT2D eigenvalue weighted by molar-refractivity contribution is 5.98. The third kappa shape index (κ3) is 4.44. The highest BCUT2D eigenvalue weighted by atomic mass is 35.5. The summed E-state index contributed by atoms with van der Waals surface area (Å²) in [5.74, 6) is 1.05. The van der Waals surface area contributed by atoms with Gasteiger partial charge >= 0.3 is 0 Å². The number of carbonyl (C=O) groups is 2. The monoisotopic (exact) mass is 367 g/mol. The Morgan fingerprint density at radius 2 is 2.16 bits per heavy atom. The molecular weight excluding hydrogens is 342 g/mol. The van der Waals surface area contributed by atoms with Crippen LogP contribution in [0, 0.1) is 5.92 Å². The van der Waals surface area contributed by atoms with Crippen molar-refractivity contribution in [3.63, 3.8) is 0 Å². The van der Waals surface area contributed by atoms with Gasteiger partial charge in [-0.2, -0.15) is 0 Å². The van der Waals surface area contributed by atoms with E-state index >= 15 is 0 Å². The minimum Gasteiger partial charge on any atom is -0.482 e. The van der Waals surface area contributed by atoms with Gasteiger partial charge in [0.25, 0.3) is 5.91 Å². The van der Waals surface area contributed by atoms with E-state index in [0.29, 0.717) is 24.6 Å². The molecule has 0 spiro atoms. The molecule has 0 radical (unpaired) electrons. The van der Waals surface area contributed by atoms with Crippen molar-refractivity contribution in [3.05, 3.63) is 24.3 Å². The first-order chi connectivity index (χ1) is 11.6. The highest BCUT2D eigenvalue weighted by Crippen LogP contribution is 2.31. The Kier molecular flexibility index (Phi) is 6.67. The Hall–Kier alpha value is -1.79. The van der Waals surface area contributed by atoms with Crippen LogP contribution in [0.4, 0.5) is 5.69 Å². The highest BCUT2D eigenvalue weighted by Gasteiger charge is 2.28. The van der Waals surface area contributed by atoms with Gasteiger partial charge in [-0.3, -0.25) is 9.59 Å². The molecule has 2 aliphatic rings. The number of ether oxygens (including phenoxy) is 1. The fraction of sp³-hybridized carbons (Fsp3) is 0.556. The summed E-state index contributed by atoms with van der Waals surface area (Å²) in [5, 5.41) is 0. The summed E-state index contributed by atoms with van der Waals surface area (Å²) in [6, 6.07) is 7.54. The van der Waals surface area contributed by atoms with E-state index < -0.39 is 0 Å². The minimum absolute atomic E-state index is 0. The van der Waals surface area contributed by atoms with Gasteiger partial charge in [-0.05, 0) is 37.8 Å². The molecule has 25 heavy (non-hydrogen) atoms. The van der Waals surface area contributed by atoms with Crippen molar-refractivity contribution in [2.75, 3.05) is 31.1 Å². The van der Waals surface area contributed by atoms with Crippen LogP contribution in [0.1, 0.15) is 26.2 Å². The van der Waals surface area contributed by atoms with E-state index in [0.717, 1.165) is 31.6 Å². The fourth-order valence-electron chi connectivity index (χ4n) is 3.43. The first kappa shape index (κ1) is 19.5. The number of fused-ring (bicyclic) bond motifs is 1. The number of nitrogens with zero attached hydrogens (tertiary/aromatic N) is 2. The smallest absolute Gasteiger partial charge is 0.265 e. The lowest BCUT2D eigenvalue weighted by Gasteiger charge is -2.35. The number of likely N-dealkylation sites (tertiary alicyclic amines) is 1. The number of para-hydroxylation sites is 2. The number of rotatable bonds is 4. The van der Waals surface area contributed by atoms with E-state index in [4.69, 9.17) is 10.5 Å². The molecule has 0 saturated carbocycles. The van der Waals surface area contributed by atoms with Crippen LogP contribution in [0.25, 0.3) is 0 Å². The standard InChI is InChI=1S/C18H25N3O3.ClH/c1-13(19)14-5-4-9-20(11-14)17(22)8-10-21-15-6-2-3-7-16(15)24-12-18(21)23;/h2-3,6-7,13-14H,4-5,8-12,19H2,1H3;1H. The molecule has 7 heteroatoms. The van der Waals surface area contributed by atoms with E-state index in [1.165, 1.54) is 0 Å². The van der Waals surface area contributed by atoms with Gasteiger partial charge in [0.05, 0.1) is 5.69 Å². The second-order valence-electron chi connectivity index (χ2n) is 6.65. The largest absolute Gasteiger partial charge is 0.482 e. The molecule has 2 aliphatic heterocycles. The average molecular weight is 368 g/mol. The lowest BCUT2D eigenvalue weighted by Crippen LogP contribution is -2.46. The summed E-state index contributed by atoms with van der Waals surface area (Å²) < 4.78 is 5.43. The molecule has 0 bridgehead atoms. The van der Waals surface area contributed by atoms with Crippen LogP contribution in [0.3, 0.4) is 0 Å². The predicted molar refractivity (Wildman–Crippen MR) is 99.1 cm³/mol. The van der Waals surface area contributed by atoms with E-state index in [-0.39, 0.29) is 36.9 Å². The molecule has 2 atom stereocenters. The zero-order valence-corrected chi connectivity index (χ0v) is 15.3. The number of halogens is 1. The first-order valence-electron chi connectivity index (χ1n) is 8.62. The maximum absolute atomic E-state index is 12.5. The van der Waals surface area contributed by atoms with Crippen LogP contribution in [0.15, 0.2) is 24.3 Å². The molecule has 138 valence electrons. The van der Waals surface area contributed by atoms with E-state index in [1.807, 2.05) is 36.1 Å². The molecular formula is C18H26ClN3O3. The second-order valence-corrected chi connectivity index (χ2v) is 6.65. The van der Waals surface area contributed by atoms with Crippen molar-refractivity contribution in [1.29, 1.82) is 0 Å². The molecule has 2 amide bonds. The number of piperidine rings is 1. The van der Waals surface area contributed by atoms with Crippen molar-refractivity contribution in [2.24, 2.45) is 11.7 Å². The second kappa shape index (κ2) is 8.54. The van der Waals surface area contributed by atoms with Crippen LogP contribution in [-0.2, 0) is 9.59 Å². The first-order valence-corrected chi connectivity index (χ1v) is 8.62. The molecule has 1 aromatic rings. The maximum atomic E-state index is 12.5. The van der Waals surface area contributed by atoms with E-state index in [1.54, 1.807) is 4.90 Å². The van der Waals surface area contributed by atoms with Crippen LogP contribution >= 0.6 is 12.4 Å². The number of amides is 2. The third-order valence-corrected chi connectivity index (χ3v) is 4.91. The number of benzene rings is 1. The Morgan fingerprint density at radius 3 is 2.92 bits per heavy atom. The fourth-order valence-corrected chi connectivity index (χ4v) is 3.43. The average Bonchev–Trinajstić information content (AvgIpc) is 2.60. The lowest BCUT2D eigenvalue weighted by atomic mass is 9.92. The Bertz CT molecular complexity index is 623. The third-order valence-electron chi connectivity index (χ3n) is 4.91. The SMILES string of the molecule is CC(N)C1CCCN(C(=O)CCN2C(=O)COc3ccccc32)C1.Cl.